The first kappa shape index (κ1) is 24.3. The van der Waals surface area contributed by atoms with Crippen molar-refractivity contribution in [1.29, 1.82) is 0 Å². The molecule has 0 unspecified atom stereocenters. The molecule has 0 saturated carbocycles. The van der Waals surface area contributed by atoms with E-state index in [0.717, 1.165) is 10.2 Å². The van der Waals surface area contributed by atoms with Crippen molar-refractivity contribution in [3.63, 3.8) is 0 Å². The first-order valence-electron chi connectivity index (χ1n) is 10.3. The SMILES string of the molecule is COc1ccc(S(=O)(=O)Nc2cccc(C(=O)N=c3sc4c(OC)ccc(OC)c4n3C)c2)cc1. The van der Waals surface area contributed by atoms with Crippen molar-refractivity contribution in [2.75, 3.05) is 26.1 Å². The molecular formula is C24H23N3O6S2. The number of aromatic nitrogens is 1. The van der Waals surface area contributed by atoms with Crippen LogP contribution in [0, 0.1) is 0 Å². The van der Waals surface area contributed by atoms with Gasteiger partial charge in [0.2, 0.25) is 0 Å². The first-order chi connectivity index (χ1) is 16.8. The van der Waals surface area contributed by atoms with E-state index in [4.69, 9.17) is 14.2 Å². The van der Waals surface area contributed by atoms with Crippen LogP contribution >= 0.6 is 11.3 Å². The molecule has 0 atom stereocenters. The number of anilines is 1. The second kappa shape index (κ2) is 9.80. The lowest BCUT2D eigenvalue weighted by molar-refractivity contribution is 0.0998. The molecule has 0 aliphatic heterocycles. The van der Waals surface area contributed by atoms with E-state index >= 15 is 0 Å². The number of hydrogen-bond acceptors (Lipinski definition) is 7. The van der Waals surface area contributed by atoms with Gasteiger partial charge < -0.3 is 18.8 Å². The van der Waals surface area contributed by atoms with Crippen LogP contribution in [0.1, 0.15) is 10.4 Å². The molecule has 0 fully saturated rings. The number of thiazole rings is 1. The molecule has 3 aromatic carbocycles. The topological polar surface area (TPSA) is 108 Å². The van der Waals surface area contributed by atoms with Gasteiger partial charge in [-0.05, 0) is 54.6 Å². The number of sulfonamides is 1. The largest absolute Gasteiger partial charge is 0.497 e. The smallest absolute Gasteiger partial charge is 0.279 e. The Kier molecular flexibility index (Phi) is 6.81. The number of benzene rings is 3. The molecule has 4 aromatic rings. The van der Waals surface area contributed by atoms with E-state index in [9.17, 15) is 13.2 Å². The average Bonchev–Trinajstić information content (AvgIpc) is 3.19. The van der Waals surface area contributed by atoms with E-state index in [1.807, 2.05) is 0 Å². The molecule has 0 aliphatic rings. The van der Waals surface area contributed by atoms with Crippen LogP contribution in [0.5, 0.6) is 17.2 Å². The summed E-state index contributed by atoms with van der Waals surface area (Å²) in [5.74, 6) is 1.30. The summed E-state index contributed by atoms with van der Waals surface area (Å²) in [5.41, 5.74) is 1.23. The summed E-state index contributed by atoms with van der Waals surface area (Å²) in [6, 6.07) is 15.8. The van der Waals surface area contributed by atoms with E-state index < -0.39 is 15.9 Å². The monoisotopic (exact) mass is 513 g/mol. The predicted molar refractivity (Wildman–Crippen MR) is 134 cm³/mol. The fourth-order valence-corrected chi connectivity index (χ4v) is 5.64. The number of carbonyl (C=O) groups is 1. The van der Waals surface area contributed by atoms with Crippen LogP contribution in [0.2, 0.25) is 0 Å². The average molecular weight is 514 g/mol. The van der Waals surface area contributed by atoms with Gasteiger partial charge in [0.15, 0.2) is 4.80 Å². The molecule has 182 valence electrons. The number of nitrogens with zero attached hydrogens (tertiary/aromatic N) is 2. The predicted octanol–water partition coefficient (Wildman–Crippen LogP) is 3.81. The zero-order chi connectivity index (χ0) is 25.2. The lowest BCUT2D eigenvalue weighted by Crippen LogP contribution is -2.15. The molecule has 0 spiro atoms. The van der Waals surface area contributed by atoms with Crippen LogP contribution in [0.15, 0.2) is 70.6 Å². The van der Waals surface area contributed by atoms with Gasteiger partial charge in [-0.1, -0.05) is 17.4 Å². The van der Waals surface area contributed by atoms with Crippen LogP contribution in [0.25, 0.3) is 10.2 Å². The highest BCUT2D eigenvalue weighted by Gasteiger charge is 2.17. The molecule has 35 heavy (non-hydrogen) atoms. The van der Waals surface area contributed by atoms with Crippen molar-refractivity contribution in [1.82, 2.24) is 4.57 Å². The van der Waals surface area contributed by atoms with Gasteiger partial charge in [0, 0.05) is 18.3 Å². The Morgan fingerprint density at radius 3 is 2.29 bits per heavy atom. The molecule has 1 amide bonds. The summed E-state index contributed by atoms with van der Waals surface area (Å²) in [5, 5.41) is 0. The number of ether oxygens (including phenoxy) is 3. The van der Waals surface area contributed by atoms with E-state index in [-0.39, 0.29) is 16.1 Å². The summed E-state index contributed by atoms with van der Waals surface area (Å²) in [4.78, 5) is 17.8. The number of nitrogens with one attached hydrogen (secondary N) is 1. The lowest BCUT2D eigenvalue weighted by atomic mass is 10.2. The third-order valence-electron chi connectivity index (χ3n) is 5.24. The van der Waals surface area contributed by atoms with Gasteiger partial charge in [-0.2, -0.15) is 4.99 Å². The van der Waals surface area contributed by atoms with Crippen LogP contribution < -0.4 is 23.7 Å². The number of amides is 1. The number of methoxy groups -OCH3 is 3. The van der Waals surface area contributed by atoms with Gasteiger partial charge in [0.1, 0.15) is 27.5 Å². The van der Waals surface area contributed by atoms with Crippen molar-refractivity contribution >= 4 is 43.2 Å². The lowest BCUT2D eigenvalue weighted by Gasteiger charge is -2.09. The number of aryl methyl sites for hydroxylation is 1. The molecule has 1 heterocycles. The van der Waals surface area contributed by atoms with Crippen LogP contribution in [0.4, 0.5) is 5.69 Å². The third kappa shape index (κ3) is 4.86. The maximum absolute atomic E-state index is 13.0. The normalized spacial score (nSPS) is 11.9. The van der Waals surface area contributed by atoms with E-state index in [2.05, 4.69) is 9.71 Å². The van der Waals surface area contributed by atoms with Gasteiger partial charge in [0.25, 0.3) is 15.9 Å². The minimum atomic E-state index is -3.86. The third-order valence-corrected chi connectivity index (χ3v) is 7.79. The maximum atomic E-state index is 13.0. The van der Waals surface area contributed by atoms with Crippen LogP contribution in [-0.2, 0) is 17.1 Å². The number of rotatable bonds is 7. The number of fused-ring (bicyclic) bond motifs is 1. The molecule has 9 nitrogen and oxygen atoms in total. The van der Waals surface area contributed by atoms with Crippen LogP contribution in [0.3, 0.4) is 0 Å². The summed E-state index contributed by atoms with van der Waals surface area (Å²) in [6.07, 6.45) is 0. The van der Waals surface area contributed by atoms with Crippen molar-refractivity contribution in [2.24, 2.45) is 12.0 Å². The molecular weight excluding hydrogens is 490 g/mol. The fourth-order valence-electron chi connectivity index (χ4n) is 3.47. The minimum absolute atomic E-state index is 0.0694. The highest BCUT2D eigenvalue weighted by molar-refractivity contribution is 7.92. The number of hydrogen-bond donors (Lipinski definition) is 1. The summed E-state index contributed by atoms with van der Waals surface area (Å²) >= 11 is 1.29. The second-order valence-electron chi connectivity index (χ2n) is 7.37. The molecule has 11 heteroatoms. The van der Waals surface area contributed by atoms with E-state index in [0.29, 0.717) is 22.0 Å². The van der Waals surface area contributed by atoms with Gasteiger partial charge in [-0.3, -0.25) is 9.52 Å². The van der Waals surface area contributed by atoms with Gasteiger partial charge in [-0.25, -0.2) is 8.42 Å². The van der Waals surface area contributed by atoms with Gasteiger partial charge >= 0.3 is 0 Å². The van der Waals surface area contributed by atoms with Crippen molar-refractivity contribution in [3.8, 4) is 17.2 Å². The first-order valence-corrected chi connectivity index (χ1v) is 12.6. The molecule has 0 saturated heterocycles. The Morgan fingerprint density at radius 1 is 0.943 bits per heavy atom. The fraction of sp³-hybridized carbons (Fsp3) is 0.167. The molecule has 0 radical (unpaired) electrons. The molecule has 0 bridgehead atoms. The standard InChI is InChI=1S/C24H23N3O6S2/c1-27-21-19(32-3)12-13-20(33-4)22(21)34-24(27)25-23(28)15-6-5-7-16(14-15)26-35(29,30)18-10-8-17(31-2)9-11-18/h5-14,26H,1-4H3. The molecule has 1 aromatic heterocycles. The highest BCUT2D eigenvalue weighted by atomic mass is 32.2. The van der Waals surface area contributed by atoms with Gasteiger partial charge in [0.05, 0.1) is 26.2 Å². The summed E-state index contributed by atoms with van der Waals surface area (Å²) < 4.78 is 46.5. The second-order valence-corrected chi connectivity index (χ2v) is 10.0. The zero-order valence-electron chi connectivity index (χ0n) is 19.4. The maximum Gasteiger partial charge on any atom is 0.279 e. The van der Waals surface area contributed by atoms with E-state index in [1.54, 1.807) is 68.3 Å². The van der Waals surface area contributed by atoms with Crippen molar-refractivity contribution in [3.05, 3.63) is 71.0 Å². The zero-order valence-corrected chi connectivity index (χ0v) is 21.1. The Hall–Kier alpha value is -3.83. The Bertz CT molecular complexity index is 1570. The molecule has 1 N–H and O–H groups in total. The Labute approximate surface area is 206 Å². The van der Waals surface area contributed by atoms with Gasteiger partial charge in [-0.15, -0.1) is 0 Å². The Morgan fingerprint density at radius 2 is 1.63 bits per heavy atom. The number of carbonyl (C=O) groups excluding carboxylic acids is 1. The minimum Gasteiger partial charge on any atom is -0.497 e. The molecule has 4 rings (SSSR count). The molecule has 0 aliphatic carbocycles. The quantitative estimate of drug-likeness (QED) is 0.403. The summed E-state index contributed by atoms with van der Waals surface area (Å²) in [7, 11) is 2.57. The van der Waals surface area contributed by atoms with Crippen molar-refractivity contribution in [2.45, 2.75) is 4.90 Å². The van der Waals surface area contributed by atoms with E-state index in [1.165, 1.54) is 36.6 Å². The summed E-state index contributed by atoms with van der Waals surface area (Å²) in [6.45, 7) is 0. The van der Waals surface area contributed by atoms with Crippen LogP contribution in [-0.4, -0.2) is 40.2 Å². The Balaban J connectivity index is 1.66. The van der Waals surface area contributed by atoms with Crippen molar-refractivity contribution < 1.29 is 27.4 Å². The highest BCUT2D eigenvalue weighted by Crippen LogP contribution is 2.34.